The van der Waals surface area contributed by atoms with Crippen LogP contribution in [0, 0.1) is 6.92 Å². The molecule has 1 amide bonds. The van der Waals surface area contributed by atoms with Crippen molar-refractivity contribution in [3.05, 3.63) is 47.0 Å². The maximum atomic E-state index is 11.8. The van der Waals surface area contributed by atoms with Crippen LogP contribution in [-0.4, -0.2) is 17.4 Å². The molecule has 1 heterocycles. The molecule has 0 radical (unpaired) electrons. The van der Waals surface area contributed by atoms with E-state index < -0.39 is 0 Å². The lowest BCUT2D eigenvalue weighted by Crippen LogP contribution is -2.30. The normalized spacial score (nSPS) is 12.1. The average Bonchev–Trinajstić information content (AvgIpc) is 2.82. The third kappa shape index (κ3) is 4.15. The van der Waals surface area contributed by atoms with Crippen LogP contribution in [0.2, 0.25) is 0 Å². The molecule has 0 unspecified atom stereocenters. The summed E-state index contributed by atoms with van der Waals surface area (Å²) in [6.07, 6.45) is 0. The van der Waals surface area contributed by atoms with E-state index in [2.05, 4.69) is 15.6 Å². The lowest BCUT2D eigenvalue weighted by Gasteiger charge is -2.13. The van der Waals surface area contributed by atoms with Crippen LogP contribution in [0.25, 0.3) is 0 Å². The largest absolute Gasteiger partial charge is 0.302 e. The predicted octanol–water partition coefficient (Wildman–Crippen LogP) is 2.74. The van der Waals surface area contributed by atoms with Crippen LogP contribution < -0.4 is 10.6 Å². The molecule has 0 aliphatic rings. The number of nitrogens with zero attached hydrogens (tertiary/aromatic N) is 1. The summed E-state index contributed by atoms with van der Waals surface area (Å²) in [4.78, 5) is 15.9. The molecule has 0 spiro atoms. The van der Waals surface area contributed by atoms with Gasteiger partial charge in [-0.1, -0.05) is 30.3 Å². The van der Waals surface area contributed by atoms with Crippen molar-refractivity contribution in [3.63, 3.8) is 0 Å². The van der Waals surface area contributed by atoms with Gasteiger partial charge in [0.2, 0.25) is 5.91 Å². The first-order valence-electron chi connectivity index (χ1n) is 6.15. The summed E-state index contributed by atoms with van der Waals surface area (Å²) in [6.45, 7) is 4.22. The second kappa shape index (κ2) is 6.45. The molecule has 5 heteroatoms. The first-order valence-corrected chi connectivity index (χ1v) is 7.03. The van der Waals surface area contributed by atoms with Gasteiger partial charge in [-0.25, -0.2) is 4.98 Å². The highest BCUT2D eigenvalue weighted by Gasteiger charge is 2.08. The molecular formula is C14H17N3OS. The lowest BCUT2D eigenvalue weighted by molar-refractivity contribution is -0.115. The smallest absolute Gasteiger partial charge is 0.240 e. The number of hydrogen-bond donors (Lipinski definition) is 2. The molecule has 0 bridgehead atoms. The summed E-state index contributed by atoms with van der Waals surface area (Å²) in [5, 5.41) is 8.53. The number of amides is 1. The Balaban J connectivity index is 1.80. The fourth-order valence-electron chi connectivity index (χ4n) is 1.68. The summed E-state index contributed by atoms with van der Waals surface area (Å²) >= 11 is 1.44. The third-order valence-electron chi connectivity index (χ3n) is 2.73. The zero-order valence-corrected chi connectivity index (χ0v) is 11.8. The number of carbonyl (C=O) groups is 1. The van der Waals surface area contributed by atoms with E-state index in [1.807, 2.05) is 49.6 Å². The van der Waals surface area contributed by atoms with Gasteiger partial charge in [-0.05, 0) is 19.4 Å². The Kier molecular flexibility index (Phi) is 4.65. The number of aryl methyl sites for hydroxylation is 1. The lowest BCUT2D eigenvalue weighted by atomic mass is 10.1. The SMILES string of the molecule is Cc1csc(NC(=O)CN[C@@H](C)c2ccccc2)n1. The van der Waals surface area contributed by atoms with E-state index in [0.29, 0.717) is 5.13 Å². The Labute approximate surface area is 116 Å². The van der Waals surface area contributed by atoms with E-state index in [9.17, 15) is 4.79 Å². The standard InChI is InChI=1S/C14H17N3OS/c1-10-9-19-14(16-10)17-13(18)8-15-11(2)12-6-4-3-5-7-12/h3-7,9,11,15H,8H2,1-2H3,(H,16,17,18)/t11-/m0/s1. The van der Waals surface area contributed by atoms with Crippen LogP contribution >= 0.6 is 11.3 Å². The number of anilines is 1. The van der Waals surface area contributed by atoms with Crippen LogP contribution in [0.3, 0.4) is 0 Å². The highest BCUT2D eigenvalue weighted by Crippen LogP contribution is 2.14. The number of benzene rings is 1. The van der Waals surface area contributed by atoms with Crippen LogP contribution in [0.1, 0.15) is 24.2 Å². The first-order chi connectivity index (χ1) is 9.15. The molecule has 0 saturated heterocycles. The van der Waals surface area contributed by atoms with Crippen molar-refractivity contribution in [1.82, 2.24) is 10.3 Å². The molecule has 100 valence electrons. The van der Waals surface area contributed by atoms with E-state index in [0.717, 1.165) is 5.69 Å². The van der Waals surface area contributed by atoms with Gasteiger partial charge < -0.3 is 10.6 Å². The molecule has 0 saturated carbocycles. The summed E-state index contributed by atoms with van der Waals surface area (Å²) in [5.74, 6) is -0.0721. The van der Waals surface area contributed by atoms with E-state index >= 15 is 0 Å². The van der Waals surface area contributed by atoms with E-state index in [1.165, 1.54) is 16.9 Å². The van der Waals surface area contributed by atoms with Gasteiger partial charge in [0.25, 0.3) is 0 Å². The van der Waals surface area contributed by atoms with Gasteiger partial charge in [-0.15, -0.1) is 11.3 Å². The van der Waals surface area contributed by atoms with Crippen molar-refractivity contribution in [3.8, 4) is 0 Å². The second-order valence-electron chi connectivity index (χ2n) is 4.36. The minimum Gasteiger partial charge on any atom is -0.302 e. The van der Waals surface area contributed by atoms with Gasteiger partial charge in [0.1, 0.15) is 0 Å². The quantitative estimate of drug-likeness (QED) is 0.882. The Bertz CT molecular complexity index is 539. The molecule has 0 aliphatic carbocycles. The van der Waals surface area contributed by atoms with Crippen LogP contribution in [0.4, 0.5) is 5.13 Å². The topological polar surface area (TPSA) is 54.0 Å². The average molecular weight is 275 g/mol. The van der Waals surface area contributed by atoms with E-state index in [-0.39, 0.29) is 18.5 Å². The van der Waals surface area contributed by atoms with Crippen molar-refractivity contribution < 1.29 is 4.79 Å². The van der Waals surface area contributed by atoms with Crippen LogP contribution in [0.5, 0.6) is 0 Å². The van der Waals surface area contributed by atoms with Gasteiger partial charge >= 0.3 is 0 Å². The maximum Gasteiger partial charge on any atom is 0.240 e. The van der Waals surface area contributed by atoms with E-state index in [4.69, 9.17) is 0 Å². The Morgan fingerprint density at radius 1 is 1.37 bits per heavy atom. The van der Waals surface area contributed by atoms with Crippen LogP contribution in [0.15, 0.2) is 35.7 Å². The molecular weight excluding hydrogens is 258 g/mol. The van der Waals surface area contributed by atoms with Gasteiger partial charge in [0.15, 0.2) is 5.13 Å². The molecule has 1 aromatic carbocycles. The minimum atomic E-state index is -0.0721. The highest BCUT2D eigenvalue weighted by atomic mass is 32.1. The molecule has 1 atom stereocenters. The first kappa shape index (κ1) is 13.7. The van der Waals surface area contributed by atoms with Crippen LogP contribution in [-0.2, 0) is 4.79 Å². The summed E-state index contributed by atoms with van der Waals surface area (Å²) in [5.41, 5.74) is 2.09. The minimum absolute atomic E-state index is 0.0721. The molecule has 1 aromatic heterocycles. The van der Waals surface area contributed by atoms with Gasteiger partial charge in [0.05, 0.1) is 12.2 Å². The number of carbonyl (C=O) groups excluding carboxylic acids is 1. The zero-order valence-electron chi connectivity index (χ0n) is 11.0. The fraction of sp³-hybridized carbons (Fsp3) is 0.286. The van der Waals surface area contributed by atoms with Gasteiger partial charge in [-0.3, -0.25) is 4.79 Å². The molecule has 19 heavy (non-hydrogen) atoms. The molecule has 2 N–H and O–H groups in total. The van der Waals surface area contributed by atoms with Crippen molar-refractivity contribution >= 4 is 22.4 Å². The molecule has 0 aliphatic heterocycles. The third-order valence-corrected chi connectivity index (χ3v) is 3.61. The number of nitrogens with one attached hydrogen (secondary N) is 2. The monoisotopic (exact) mass is 275 g/mol. The second-order valence-corrected chi connectivity index (χ2v) is 5.21. The van der Waals surface area contributed by atoms with E-state index in [1.54, 1.807) is 0 Å². The Morgan fingerprint density at radius 2 is 2.11 bits per heavy atom. The number of hydrogen-bond acceptors (Lipinski definition) is 4. The Hall–Kier alpha value is -1.72. The Morgan fingerprint density at radius 3 is 2.74 bits per heavy atom. The summed E-state index contributed by atoms with van der Waals surface area (Å²) < 4.78 is 0. The molecule has 2 aromatic rings. The molecule has 0 fully saturated rings. The fourth-order valence-corrected chi connectivity index (χ4v) is 2.38. The number of rotatable bonds is 5. The van der Waals surface area contributed by atoms with Crippen molar-refractivity contribution in [2.45, 2.75) is 19.9 Å². The predicted molar refractivity (Wildman–Crippen MR) is 78.3 cm³/mol. The highest BCUT2D eigenvalue weighted by molar-refractivity contribution is 7.13. The zero-order chi connectivity index (χ0) is 13.7. The summed E-state index contributed by atoms with van der Waals surface area (Å²) in [7, 11) is 0. The van der Waals surface area contributed by atoms with Crippen molar-refractivity contribution in [2.24, 2.45) is 0 Å². The van der Waals surface area contributed by atoms with Crippen molar-refractivity contribution in [1.29, 1.82) is 0 Å². The van der Waals surface area contributed by atoms with Gasteiger partial charge in [-0.2, -0.15) is 0 Å². The maximum absolute atomic E-state index is 11.8. The van der Waals surface area contributed by atoms with Crippen molar-refractivity contribution in [2.75, 3.05) is 11.9 Å². The summed E-state index contributed by atoms with van der Waals surface area (Å²) in [6, 6.07) is 10.2. The number of aromatic nitrogens is 1. The number of thiazole rings is 1. The molecule has 4 nitrogen and oxygen atoms in total. The van der Waals surface area contributed by atoms with Gasteiger partial charge in [0, 0.05) is 11.4 Å². The molecule has 2 rings (SSSR count).